The fourth-order valence-electron chi connectivity index (χ4n) is 1.83. The van der Waals surface area contributed by atoms with E-state index in [1.807, 2.05) is 49.4 Å². The van der Waals surface area contributed by atoms with E-state index in [0.717, 1.165) is 23.3 Å². The van der Waals surface area contributed by atoms with Crippen molar-refractivity contribution in [2.24, 2.45) is 0 Å². The molecule has 0 amide bonds. The molecule has 90 valence electrons. The average Bonchev–Trinajstić information content (AvgIpc) is 2.41. The summed E-state index contributed by atoms with van der Waals surface area (Å²) in [5, 5.41) is 9.12. The molecule has 0 bridgehead atoms. The maximum absolute atomic E-state index is 9.12. The highest BCUT2D eigenvalue weighted by atomic mass is 16.5. The molecule has 0 aliphatic heterocycles. The third kappa shape index (κ3) is 2.52. The molecule has 0 aromatic heterocycles. The van der Waals surface area contributed by atoms with Gasteiger partial charge in [0.15, 0.2) is 0 Å². The van der Waals surface area contributed by atoms with Gasteiger partial charge in [0.2, 0.25) is 0 Å². The molecule has 18 heavy (non-hydrogen) atoms. The lowest BCUT2D eigenvalue weighted by molar-refractivity contribution is 0.475. The summed E-state index contributed by atoms with van der Waals surface area (Å²) >= 11 is 0. The van der Waals surface area contributed by atoms with Crippen LogP contribution in [0.5, 0.6) is 11.5 Å². The molecule has 0 fully saturated rings. The first-order valence-corrected chi connectivity index (χ1v) is 6.01. The molecule has 0 N–H and O–H groups in total. The number of nitriles is 1. The van der Waals surface area contributed by atoms with E-state index in [4.69, 9.17) is 10.00 Å². The molecule has 2 aromatic carbocycles. The fraction of sp³-hybridized carbons (Fsp3) is 0.188. The summed E-state index contributed by atoms with van der Waals surface area (Å²) in [7, 11) is 0. The average molecular weight is 237 g/mol. The number of rotatable bonds is 3. The van der Waals surface area contributed by atoms with Gasteiger partial charge in [0.05, 0.1) is 5.56 Å². The molecular weight excluding hydrogens is 222 g/mol. The zero-order valence-electron chi connectivity index (χ0n) is 10.6. The lowest BCUT2D eigenvalue weighted by Gasteiger charge is -2.11. The van der Waals surface area contributed by atoms with E-state index in [1.165, 1.54) is 0 Å². The van der Waals surface area contributed by atoms with Gasteiger partial charge in [-0.25, -0.2) is 0 Å². The Kier molecular flexibility index (Phi) is 3.64. The van der Waals surface area contributed by atoms with Gasteiger partial charge in [-0.15, -0.1) is 0 Å². The van der Waals surface area contributed by atoms with Gasteiger partial charge in [0.1, 0.15) is 17.6 Å². The minimum atomic E-state index is 0.570. The van der Waals surface area contributed by atoms with Gasteiger partial charge >= 0.3 is 0 Å². The van der Waals surface area contributed by atoms with Gasteiger partial charge in [-0.1, -0.05) is 31.2 Å². The van der Waals surface area contributed by atoms with Gasteiger partial charge in [0.25, 0.3) is 0 Å². The zero-order chi connectivity index (χ0) is 13.0. The number of nitrogens with zero attached hydrogens (tertiary/aromatic N) is 1. The maximum Gasteiger partial charge on any atom is 0.145 e. The smallest absolute Gasteiger partial charge is 0.145 e. The number of hydrogen-bond donors (Lipinski definition) is 0. The predicted octanol–water partition coefficient (Wildman–Crippen LogP) is 4.22. The van der Waals surface area contributed by atoms with Crippen LogP contribution in [0.15, 0.2) is 42.5 Å². The molecule has 0 saturated heterocycles. The Bertz CT molecular complexity index is 596. The molecule has 2 nitrogen and oxygen atoms in total. The number of benzene rings is 2. The van der Waals surface area contributed by atoms with E-state index in [9.17, 15) is 0 Å². The molecule has 0 unspecified atom stereocenters. The van der Waals surface area contributed by atoms with Crippen molar-refractivity contribution < 1.29 is 4.74 Å². The maximum atomic E-state index is 9.12. The number of para-hydroxylation sites is 1. The lowest BCUT2D eigenvalue weighted by atomic mass is 10.1. The highest BCUT2D eigenvalue weighted by Crippen LogP contribution is 2.28. The summed E-state index contributed by atoms with van der Waals surface area (Å²) in [5.74, 6) is 1.43. The van der Waals surface area contributed by atoms with Gasteiger partial charge < -0.3 is 4.74 Å². The number of aryl methyl sites for hydroxylation is 2. The molecule has 2 aromatic rings. The van der Waals surface area contributed by atoms with Gasteiger partial charge in [-0.3, -0.25) is 0 Å². The van der Waals surface area contributed by atoms with Gasteiger partial charge in [0, 0.05) is 0 Å². The molecular formula is C16H15NO. The Morgan fingerprint density at radius 1 is 1.11 bits per heavy atom. The monoisotopic (exact) mass is 237 g/mol. The molecule has 0 aliphatic rings. The van der Waals surface area contributed by atoms with Crippen molar-refractivity contribution in [1.82, 2.24) is 0 Å². The van der Waals surface area contributed by atoms with Crippen LogP contribution >= 0.6 is 0 Å². The summed E-state index contributed by atoms with van der Waals surface area (Å²) < 4.78 is 5.85. The Morgan fingerprint density at radius 2 is 1.89 bits per heavy atom. The minimum Gasteiger partial charge on any atom is -0.456 e. The third-order valence-corrected chi connectivity index (χ3v) is 2.83. The van der Waals surface area contributed by atoms with Crippen molar-refractivity contribution in [3.8, 4) is 17.6 Å². The standard InChI is InChI=1S/C16H15NO/c1-3-13-6-4-5-7-15(13)18-16-9-8-12(2)10-14(16)11-17/h4-10H,3H2,1-2H3. The van der Waals surface area contributed by atoms with Crippen LogP contribution < -0.4 is 4.74 Å². The quantitative estimate of drug-likeness (QED) is 0.800. The number of hydrogen-bond acceptors (Lipinski definition) is 2. The van der Waals surface area contributed by atoms with Crippen molar-refractivity contribution in [1.29, 1.82) is 5.26 Å². The first kappa shape index (κ1) is 12.2. The third-order valence-electron chi connectivity index (χ3n) is 2.83. The van der Waals surface area contributed by atoms with E-state index >= 15 is 0 Å². The van der Waals surface area contributed by atoms with Crippen LogP contribution in [-0.4, -0.2) is 0 Å². The SMILES string of the molecule is CCc1ccccc1Oc1ccc(C)cc1C#N. The van der Waals surface area contributed by atoms with Crippen LogP contribution in [0.1, 0.15) is 23.6 Å². The van der Waals surface area contributed by atoms with Crippen LogP contribution in [-0.2, 0) is 6.42 Å². The predicted molar refractivity (Wildman–Crippen MR) is 71.8 cm³/mol. The molecule has 0 heterocycles. The Morgan fingerprint density at radius 3 is 2.61 bits per heavy atom. The normalized spacial score (nSPS) is 9.83. The van der Waals surface area contributed by atoms with E-state index in [1.54, 1.807) is 0 Å². The number of ether oxygens (including phenoxy) is 1. The largest absolute Gasteiger partial charge is 0.456 e. The van der Waals surface area contributed by atoms with E-state index in [2.05, 4.69) is 13.0 Å². The first-order chi connectivity index (χ1) is 8.74. The fourth-order valence-corrected chi connectivity index (χ4v) is 1.83. The molecule has 0 aliphatic carbocycles. The van der Waals surface area contributed by atoms with E-state index < -0.39 is 0 Å². The van der Waals surface area contributed by atoms with E-state index in [0.29, 0.717) is 11.3 Å². The molecule has 2 rings (SSSR count). The van der Waals surface area contributed by atoms with E-state index in [-0.39, 0.29) is 0 Å². The van der Waals surface area contributed by atoms with Crippen molar-refractivity contribution in [3.63, 3.8) is 0 Å². The highest BCUT2D eigenvalue weighted by Gasteiger charge is 2.07. The molecule has 0 radical (unpaired) electrons. The lowest BCUT2D eigenvalue weighted by Crippen LogP contribution is -1.92. The molecule has 0 spiro atoms. The van der Waals surface area contributed by atoms with Crippen LogP contribution in [0, 0.1) is 18.3 Å². The molecule has 0 saturated carbocycles. The van der Waals surface area contributed by atoms with Crippen molar-refractivity contribution >= 4 is 0 Å². The molecule has 2 heteroatoms. The minimum absolute atomic E-state index is 0.570. The Hall–Kier alpha value is -2.27. The van der Waals surface area contributed by atoms with Crippen molar-refractivity contribution in [2.45, 2.75) is 20.3 Å². The molecule has 0 atom stereocenters. The summed E-state index contributed by atoms with van der Waals surface area (Å²) in [6.45, 7) is 4.05. The van der Waals surface area contributed by atoms with Gasteiger partial charge in [-0.2, -0.15) is 5.26 Å². The van der Waals surface area contributed by atoms with Crippen LogP contribution in [0.4, 0.5) is 0 Å². The Balaban J connectivity index is 2.37. The van der Waals surface area contributed by atoms with Crippen LogP contribution in [0.2, 0.25) is 0 Å². The topological polar surface area (TPSA) is 33.0 Å². The van der Waals surface area contributed by atoms with Gasteiger partial charge in [-0.05, 0) is 42.7 Å². The van der Waals surface area contributed by atoms with Crippen molar-refractivity contribution in [3.05, 3.63) is 59.2 Å². The van der Waals surface area contributed by atoms with Crippen LogP contribution in [0.3, 0.4) is 0 Å². The summed E-state index contributed by atoms with van der Waals surface area (Å²) in [6, 6.07) is 15.7. The Labute approximate surface area is 107 Å². The second-order valence-electron chi connectivity index (χ2n) is 4.17. The summed E-state index contributed by atoms with van der Waals surface area (Å²) in [4.78, 5) is 0. The second-order valence-corrected chi connectivity index (χ2v) is 4.17. The summed E-state index contributed by atoms with van der Waals surface area (Å²) in [6.07, 6.45) is 0.907. The van der Waals surface area contributed by atoms with Crippen molar-refractivity contribution in [2.75, 3.05) is 0 Å². The summed E-state index contributed by atoms with van der Waals surface area (Å²) in [5.41, 5.74) is 2.77. The highest BCUT2D eigenvalue weighted by molar-refractivity contribution is 5.48. The first-order valence-electron chi connectivity index (χ1n) is 6.01. The second kappa shape index (κ2) is 5.37. The zero-order valence-corrected chi connectivity index (χ0v) is 10.6. The van der Waals surface area contributed by atoms with Crippen LogP contribution in [0.25, 0.3) is 0 Å².